The largest absolute Gasteiger partial charge is 0.480 e. The first-order valence-corrected chi connectivity index (χ1v) is 11.3. The lowest BCUT2D eigenvalue weighted by Crippen LogP contribution is -2.11. The number of anilines is 3. The summed E-state index contributed by atoms with van der Waals surface area (Å²) in [7, 11) is 8.01. The predicted octanol–water partition coefficient (Wildman–Crippen LogP) is 5.17. The molecule has 2 N–H and O–H groups in total. The molecule has 0 saturated carbocycles. The fourth-order valence-corrected chi connectivity index (χ4v) is 2.69. The molecule has 0 amide bonds. The van der Waals surface area contributed by atoms with Gasteiger partial charge < -0.3 is 25.0 Å². The molecule has 0 fully saturated rings. The second kappa shape index (κ2) is 15.8. The minimum atomic E-state index is -0.853. The predicted molar refractivity (Wildman–Crippen MR) is 145 cm³/mol. The van der Waals surface area contributed by atoms with Gasteiger partial charge in [0.25, 0.3) is 0 Å². The van der Waals surface area contributed by atoms with Crippen molar-refractivity contribution in [3.8, 4) is 0 Å². The summed E-state index contributed by atoms with van der Waals surface area (Å²) in [4.78, 5) is 25.5. The average molecular weight is 480 g/mol. The second-order valence-corrected chi connectivity index (χ2v) is 8.01. The molecule has 0 bridgehead atoms. The number of ether oxygens (including phenoxy) is 1. The van der Waals surface area contributed by atoms with Crippen LogP contribution in [0.25, 0.3) is 0 Å². The molecule has 0 unspecified atom stereocenters. The van der Waals surface area contributed by atoms with E-state index >= 15 is 0 Å². The van der Waals surface area contributed by atoms with Crippen LogP contribution in [0.5, 0.6) is 0 Å². The molecule has 0 aliphatic rings. The number of aliphatic carboxylic acids is 1. The Balaban J connectivity index is 0.000000267. The molecule has 0 heterocycles. The van der Waals surface area contributed by atoms with Crippen molar-refractivity contribution in [1.29, 1.82) is 0 Å². The highest BCUT2D eigenvalue weighted by atomic mass is 16.5. The number of nitrogens with zero attached hydrogens (tertiary/aromatic N) is 2. The van der Waals surface area contributed by atoms with Gasteiger partial charge in [-0.15, -0.1) is 0 Å². The van der Waals surface area contributed by atoms with Crippen molar-refractivity contribution in [2.75, 3.05) is 56.5 Å². The number of aryl methyl sites for hydroxylation is 1. The number of para-hydroxylation sites is 1. The van der Waals surface area contributed by atoms with E-state index in [0.717, 1.165) is 11.4 Å². The van der Waals surface area contributed by atoms with Gasteiger partial charge in [-0.05, 0) is 62.4 Å². The number of rotatable bonds is 7. The topological polar surface area (TPSA) is 82.1 Å². The van der Waals surface area contributed by atoms with Gasteiger partial charge >= 0.3 is 11.9 Å². The van der Waals surface area contributed by atoms with Crippen molar-refractivity contribution in [2.24, 2.45) is 0 Å². The van der Waals surface area contributed by atoms with Crippen molar-refractivity contribution in [1.82, 2.24) is 0 Å². The molecule has 188 valence electrons. The third-order valence-electron chi connectivity index (χ3n) is 4.66. The van der Waals surface area contributed by atoms with Crippen LogP contribution in [-0.2, 0) is 9.53 Å². The lowest BCUT2D eigenvalue weighted by Gasteiger charge is -2.12. The van der Waals surface area contributed by atoms with Crippen LogP contribution in [0.1, 0.15) is 22.8 Å². The minimum Gasteiger partial charge on any atom is -0.480 e. The van der Waals surface area contributed by atoms with Crippen LogP contribution in [-0.4, -0.2) is 58.4 Å². The highest BCUT2D eigenvalue weighted by Gasteiger charge is 2.05. The van der Waals surface area contributed by atoms with Gasteiger partial charge in [-0.2, -0.15) is 0 Å². The zero-order chi connectivity index (χ0) is 26.2. The number of benzene rings is 3. The molecule has 0 radical (unpaired) electrons. The standard InChI is InChI=1S/C11H15NO2.C9H13N.C8H9NO2/c1-4-14-11(13)9-5-7-10(8-6-9)12(2)3;1-8-4-6-9(7-5-8)10(2)3;10-8(11)6-9-7-4-2-1-3-5-7/h5-8H,4H2,1-3H3;4-7H,1-3H3;1-5,9H,6H2,(H,10,11). The first-order chi connectivity index (χ1) is 16.6. The molecule has 3 rings (SSSR count). The average Bonchev–Trinajstić information content (AvgIpc) is 2.85. The van der Waals surface area contributed by atoms with Gasteiger partial charge in [0.2, 0.25) is 0 Å². The molecule has 7 heteroatoms. The number of esters is 1. The van der Waals surface area contributed by atoms with Gasteiger partial charge in [-0.3, -0.25) is 4.79 Å². The maximum absolute atomic E-state index is 11.3. The first kappa shape index (κ1) is 29.0. The van der Waals surface area contributed by atoms with E-state index in [-0.39, 0.29) is 12.5 Å². The van der Waals surface area contributed by atoms with Crippen molar-refractivity contribution in [3.63, 3.8) is 0 Å². The summed E-state index contributed by atoms with van der Waals surface area (Å²) in [6, 6.07) is 25.0. The van der Waals surface area contributed by atoms with Crippen molar-refractivity contribution < 1.29 is 19.4 Å². The van der Waals surface area contributed by atoms with E-state index in [2.05, 4.69) is 41.4 Å². The molecule has 0 aliphatic heterocycles. The van der Waals surface area contributed by atoms with Crippen LogP contribution < -0.4 is 15.1 Å². The molecule has 0 spiro atoms. The molecule has 7 nitrogen and oxygen atoms in total. The number of carbonyl (C=O) groups excluding carboxylic acids is 1. The van der Waals surface area contributed by atoms with Gasteiger partial charge in [0.15, 0.2) is 0 Å². The molecular weight excluding hydrogens is 442 g/mol. The molecule has 3 aromatic rings. The van der Waals surface area contributed by atoms with Gasteiger partial charge in [0.05, 0.1) is 12.2 Å². The molecular formula is C28H37N3O4. The maximum Gasteiger partial charge on any atom is 0.338 e. The Labute approximate surface area is 209 Å². The van der Waals surface area contributed by atoms with E-state index in [4.69, 9.17) is 9.84 Å². The fraction of sp³-hybridized carbons (Fsp3) is 0.286. The van der Waals surface area contributed by atoms with E-state index in [1.165, 1.54) is 11.3 Å². The van der Waals surface area contributed by atoms with Crippen molar-refractivity contribution in [2.45, 2.75) is 13.8 Å². The molecule has 0 atom stereocenters. The second-order valence-electron chi connectivity index (χ2n) is 8.01. The highest BCUT2D eigenvalue weighted by molar-refractivity contribution is 5.89. The number of hydrogen-bond donors (Lipinski definition) is 2. The van der Waals surface area contributed by atoms with E-state index < -0.39 is 5.97 Å². The van der Waals surface area contributed by atoms with Crippen LogP contribution in [0, 0.1) is 6.92 Å². The van der Waals surface area contributed by atoms with Gasteiger partial charge in [0.1, 0.15) is 6.54 Å². The summed E-state index contributed by atoms with van der Waals surface area (Å²) in [6.07, 6.45) is 0. The van der Waals surface area contributed by atoms with Crippen LogP contribution in [0.15, 0.2) is 78.9 Å². The van der Waals surface area contributed by atoms with Crippen LogP contribution in [0.3, 0.4) is 0 Å². The van der Waals surface area contributed by atoms with Crippen molar-refractivity contribution in [3.05, 3.63) is 90.0 Å². The Morgan fingerprint density at radius 3 is 1.71 bits per heavy atom. The van der Waals surface area contributed by atoms with Gasteiger partial charge in [-0.25, -0.2) is 4.79 Å². The summed E-state index contributed by atoms with van der Waals surface area (Å²) in [5, 5.41) is 11.1. The van der Waals surface area contributed by atoms with E-state index in [0.29, 0.717) is 12.2 Å². The summed E-state index contributed by atoms with van der Waals surface area (Å²) in [5.41, 5.74) is 5.06. The lowest BCUT2D eigenvalue weighted by molar-refractivity contribution is -0.134. The van der Waals surface area contributed by atoms with Crippen LogP contribution >= 0.6 is 0 Å². The quantitative estimate of drug-likeness (QED) is 0.452. The van der Waals surface area contributed by atoms with E-state index in [9.17, 15) is 9.59 Å². The third-order valence-corrected chi connectivity index (χ3v) is 4.66. The van der Waals surface area contributed by atoms with Gasteiger partial charge in [-0.1, -0.05) is 35.9 Å². The molecule has 0 aliphatic carbocycles. The number of nitrogens with one attached hydrogen (secondary N) is 1. The lowest BCUT2D eigenvalue weighted by atomic mass is 10.2. The molecule has 0 aromatic heterocycles. The summed E-state index contributed by atoms with van der Waals surface area (Å²) in [5.74, 6) is -1.12. The zero-order valence-electron chi connectivity index (χ0n) is 21.5. The highest BCUT2D eigenvalue weighted by Crippen LogP contribution is 2.13. The maximum atomic E-state index is 11.3. The Morgan fingerprint density at radius 2 is 1.29 bits per heavy atom. The monoisotopic (exact) mass is 479 g/mol. The Kier molecular flexibility index (Phi) is 13.1. The molecule has 35 heavy (non-hydrogen) atoms. The first-order valence-electron chi connectivity index (χ1n) is 11.3. The van der Waals surface area contributed by atoms with E-state index in [1.54, 1.807) is 19.1 Å². The summed E-state index contributed by atoms with van der Waals surface area (Å²) in [6.45, 7) is 4.27. The smallest absolute Gasteiger partial charge is 0.338 e. The Bertz CT molecular complexity index is 1000. The number of carboxylic acid groups (broad SMARTS) is 1. The molecule has 3 aromatic carbocycles. The minimum absolute atomic E-state index is 0.0377. The fourth-order valence-electron chi connectivity index (χ4n) is 2.69. The van der Waals surface area contributed by atoms with Crippen LogP contribution in [0.2, 0.25) is 0 Å². The Morgan fingerprint density at radius 1 is 0.800 bits per heavy atom. The van der Waals surface area contributed by atoms with Crippen molar-refractivity contribution >= 4 is 29.0 Å². The number of carbonyl (C=O) groups is 2. The number of hydrogen-bond acceptors (Lipinski definition) is 6. The Hall–Kier alpha value is -4.00. The van der Waals surface area contributed by atoms with Crippen LogP contribution in [0.4, 0.5) is 17.1 Å². The normalized spacial score (nSPS) is 9.43. The zero-order valence-corrected chi connectivity index (χ0v) is 21.5. The summed E-state index contributed by atoms with van der Waals surface area (Å²) >= 11 is 0. The third kappa shape index (κ3) is 12.1. The van der Waals surface area contributed by atoms with Gasteiger partial charge in [0, 0.05) is 45.3 Å². The van der Waals surface area contributed by atoms with E-state index in [1.807, 2.05) is 75.6 Å². The SMILES string of the molecule is CCOC(=O)c1ccc(N(C)C)cc1.Cc1ccc(N(C)C)cc1.O=C(O)CNc1ccccc1. The number of carboxylic acids is 1. The summed E-state index contributed by atoms with van der Waals surface area (Å²) < 4.78 is 4.88. The molecule has 0 saturated heterocycles.